The number of rotatable bonds is 36. The van der Waals surface area contributed by atoms with E-state index in [4.69, 9.17) is 0 Å². The second kappa shape index (κ2) is 36.9. The predicted octanol–water partition coefficient (Wildman–Crippen LogP) is 4.68. The first-order valence-corrected chi connectivity index (χ1v) is 32.0. The number of nitrogens with one attached hydrogen (secondary N) is 8. The van der Waals surface area contributed by atoms with Crippen molar-refractivity contribution >= 4 is 63.9 Å². The summed E-state index contributed by atoms with van der Waals surface area (Å²) in [6.07, 6.45) is 6.07. The summed E-state index contributed by atoms with van der Waals surface area (Å²) in [6, 6.07) is 19.2. The van der Waals surface area contributed by atoms with Crippen LogP contribution in [0.1, 0.15) is 126 Å². The largest absolute Gasteiger partial charge is 0.508 e. The van der Waals surface area contributed by atoms with Crippen molar-refractivity contribution in [2.24, 2.45) is 5.92 Å². The average Bonchev–Trinajstić information content (AvgIpc) is 1.23. The number of fused-ring (bicyclic) bond motifs is 1. The van der Waals surface area contributed by atoms with Crippen molar-refractivity contribution in [1.82, 2.24) is 57.3 Å². The lowest BCUT2D eigenvalue weighted by Crippen LogP contribution is -2.61. The molecule has 2 heterocycles. The zero-order valence-corrected chi connectivity index (χ0v) is 53.7. The molecule has 0 aliphatic carbocycles. The number of likely N-dealkylation sites (tertiary alicyclic amines) is 1. The number of unbranched alkanes of at least 4 members (excludes halogenated alkanes) is 2. The Kier molecular flexibility index (Phi) is 29.0. The highest BCUT2D eigenvalue weighted by Gasteiger charge is 2.40. The lowest BCUT2D eigenvalue weighted by Gasteiger charge is -2.33. The average molecular weight is 1270 g/mol. The summed E-state index contributed by atoms with van der Waals surface area (Å²) in [5.74, 6) is -6.29. The van der Waals surface area contributed by atoms with E-state index >= 15 is 4.79 Å². The molecular formula is C69H92FN11O11. The molecule has 23 heteroatoms. The van der Waals surface area contributed by atoms with Crippen LogP contribution in [0.2, 0.25) is 0 Å². The van der Waals surface area contributed by atoms with Crippen LogP contribution in [-0.4, -0.2) is 166 Å². The van der Waals surface area contributed by atoms with Gasteiger partial charge in [0.15, 0.2) is 0 Å². The summed E-state index contributed by atoms with van der Waals surface area (Å²) in [5.41, 5.74) is 2.19. The maximum Gasteiger partial charge on any atom is 0.252 e. The van der Waals surface area contributed by atoms with E-state index in [-0.39, 0.29) is 87.4 Å². The topological polar surface area (TPSA) is 310 Å². The molecule has 0 bridgehead atoms. The molecule has 10 N–H and O–H groups in total. The predicted molar refractivity (Wildman–Crippen MR) is 348 cm³/mol. The molecule has 0 unspecified atom stereocenters. The summed E-state index contributed by atoms with van der Waals surface area (Å²) in [5, 5.41) is 45.9. The number of carbonyl (C=O) groups excluding carboxylic acids is 9. The van der Waals surface area contributed by atoms with Gasteiger partial charge in [0.2, 0.25) is 47.3 Å². The first-order chi connectivity index (χ1) is 44.1. The normalized spacial score (nSPS) is 14.9. The van der Waals surface area contributed by atoms with E-state index in [9.17, 15) is 53.0 Å². The Morgan fingerprint density at radius 1 is 0.674 bits per heavy atom. The van der Waals surface area contributed by atoms with Crippen molar-refractivity contribution < 1.29 is 57.8 Å². The van der Waals surface area contributed by atoms with E-state index in [0.29, 0.717) is 74.0 Å². The van der Waals surface area contributed by atoms with Crippen LogP contribution in [0, 0.1) is 11.7 Å². The minimum absolute atomic E-state index is 0.0308. The fourth-order valence-electron chi connectivity index (χ4n) is 11.2. The van der Waals surface area contributed by atoms with Gasteiger partial charge in [0.1, 0.15) is 53.9 Å². The molecule has 22 nitrogen and oxygen atoms in total. The number of phenols is 1. The highest BCUT2D eigenvalue weighted by atomic mass is 19.1. The number of hydrogen-bond acceptors (Lipinski definition) is 13. The van der Waals surface area contributed by atoms with Crippen LogP contribution in [0.25, 0.3) is 10.8 Å². The van der Waals surface area contributed by atoms with Crippen molar-refractivity contribution in [2.45, 2.75) is 166 Å². The first-order valence-electron chi connectivity index (χ1n) is 32.0. The van der Waals surface area contributed by atoms with Gasteiger partial charge in [0, 0.05) is 64.4 Å². The number of amides is 9. The number of aromatic nitrogens is 1. The number of carbonyl (C=O) groups is 9. The van der Waals surface area contributed by atoms with Crippen molar-refractivity contribution in [3.05, 3.63) is 144 Å². The molecule has 0 spiro atoms. The molecule has 1 aliphatic rings. The monoisotopic (exact) mass is 1270 g/mol. The van der Waals surface area contributed by atoms with E-state index in [0.717, 1.165) is 15.7 Å². The van der Waals surface area contributed by atoms with Gasteiger partial charge in [-0.15, -0.1) is 0 Å². The zero-order chi connectivity index (χ0) is 66.7. The van der Waals surface area contributed by atoms with Gasteiger partial charge in [-0.2, -0.15) is 0 Å². The number of halogens is 1. The third kappa shape index (κ3) is 22.5. The maximum absolute atomic E-state index is 15.1. The van der Waals surface area contributed by atoms with Gasteiger partial charge >= 0.3 is 0 Å². The third-order valence-electron chi connectivity index (χ3n) is 16.2. The number of hydrogen-bond donors (Lipinski definition) is 10. The third-order valence-corrected chi connectivity index (χ3v) is 16.2. The van der Waals surface area contributed by atoms with Crippen molar-refractivity contribution in [2.75, 3.05) is 39.8 Å². The number of likely N-dealkylation sites (N-methyl/N-ethyl adjacent to an activating group) is 2. The minimum atomic E-state index is -1.68. The Balaban J connectivity index is 1.26. The number of nitrogens with zero attached hydrogens (tertiary/aromatic N) is 3. The van der Waals surface area contributed by atoms with E-state index in [1.54, 1.807) is 43.3 Å². The van der Waals surface area contributed by atoms with E-state index in [2.05, 4.69) is 47.5 Å². The standard InChI is InChI=1S/C69H92FN11O11/c1-7-72-66(89)59-24-16-38-81(59)69(92)55(23-11-12-36-73-45(4)5)77-64(87)56(39-44(2)3)78-63(86)54(22-10-13-37-74-62(85)50-20-15-35-71-42-50)76-67(90)60(40-47-27-32-52(83)33-28-47)80(6)68(91)58(43-82)79-65(88)57(41-49-19-14-18-48-17-8-9-21-53(48)49)75-61(84)34-29-46-25-30-51(70)31-26-46/h8-9,14-15,17-21,25-28,30-33,35,42,44-45,54-60,73,82-83H,7,10-13,16,22-24,29,34,36-41,43H2,1-6H3,(H,72,89)(H,74,85)(H,75,84)(H,76,90)(H,77,87)(H,78,86)(H,79,88)/t54-,55+,56+,57+,58+,59-,60+/m1/s1. The molecule has 9 amide bonds. The smallest absolute Gasteiger partial charge is 0.252 e. The van der Waals surface area contributed by atoms with E-state index in [1.807, 2.05) is 70.2 Å². The van der Waals surface area contributed by atoms with Gasteiger partial charge in [-0.1, -0.05) is 94.4 Å². The summed E-state index contributed by atoms with van der Waals surface area (Å²) >= 11 is 0. The summed E-state index contributed by atoms with van der Waals surface area (Å²) in [4.78, 5) is 135. The van der Waals surface area contributed by atoms with Gasteiger partial charge in [-0.05, 0) is 147 Å². The Morgan fingerprint density at radius 3 is 2.00 bits per heavy atom. The highest BCUT2D eigenvalue weighted by Crippen LogP contribution is 2.23. The first kappa shape index (κ1) is 72.2. The number of aromatic hydroxyl groups is 1. The van der Waals surface area contributed by atoms with Crippen molar-refractivity contribution in [1.29, 1.82) is 0 Å². The molecule has 1 aliphatic heterocycles. The molecule has 0 radical (unpaired) electrons. The molecule has 1 saturated heterocycles. The molecule has 5 aromatic rings. The van der Waals surface area contributed by atoms with E-state index < -0.39 is 96.1 Å². The van der Waals surface area contributed by atoms with Gasteiger partial charge in [0.25, 0.3) is 5.91 Å². The Labute approximate surface area is 538 Å². The van der Waals surface area contributed by atoms with Crippen LogP contribution in [0.5, 0.6) is 5.75 Å². The Hall–Kier alpha value is -8.83. The van der Waals surface area contributed by atoms with Gasteiger partial charge in [0.05, 0.1) is 12.2 Å². The summed E-state index contributed by atoms with van der Waals surface area (Å²) in [7, 11) is 1.30. The molecule has 6 rings (SSSR count). The molecule has 1 aromatic heterocycles. The Morgan fingerprint density at radius 2 is 1.32 bits per heavy atom. The number of pyridine rings is 1. The molecule has 7 atom stereocenters. The lowest BCUT2D eigenvalue weighted by molar-refractivity contribution is -0.144. The van der Waals surface area contributed by atoms with Crippen LogP contribution in [0.4, 0.5) is 4.39 Å². The number of aliphatic hydroxyl groups excluding tert-OH is 1. The van der Waals surface area contributed by atoms with Crippen LogP contribution < -0.4 is 42.5 Å². The van der Waals surface area contributed by atoms with Crippen molar-refractivity contribution in [3.8, 4) is 5.75 Å². The lowest BCUT2D eigenvalue weighted by atomic mass is 9.97. The van der Waals surface area contributed by atoms with Crippen LogP contribution in [0.15, 0.2) is 116 Å². The highest BCUT2D eigenvalue weighted by molar-refractivity contribution is 5.98. The second-order valence-electron chi connectivity index (χ2n) is 24.2. The SMILES string of the molecule is CCNC(=O)[C@H]1CCCN1C(=O)[C@H](CCCCNC(C)C)NC(=O)[C@H](CC(C)C)NC(=O)[C@@H](CCCCNC(=O)c1cccnc1)NC(=O)[C@H](Cc1ccc(O)cc1)N(C)C(=O)[C@H](CO)NC(=O)[C@H](Cc1cccc2ccccc12)NC(=O)CCc1ccc(F)cc1. The molecule has 1 fully saturated rings. The number of phenolic OH excluding ortho intramolecular Hbond substituents is 1. The van der Waals surface area contributed by atoms with Crippen LogP contribution in [0.3, 0.4) is 0 Å². The quantitative estimate of drug-likeness (QED) is 0.0244. The minimum Gasteiger partial charge on any atom is -0.508 e. The summed E-state index contributed by atoms with van der Waals surface area (Å²) in [6.45, 7) is 10.2. The molecule has 92 heavy (non-hydrogen) atoms. The number of benzene rings is 4. The van der Waals surface area contributed by atoms with E-state index in [1.165, 1.54) is 48.6 Å². The van der Waals surface area contributed by atoms with Crippen LogP contribution >= 0.6 is 0 Å². The zero-order valence-electron chi connectivity index (χ0n) is 53.7. The second-order valence-corrected chi connectivity index (χ2v) is 24.2. The molecule has 4 aromatic carbocycles. The van der Waals surface area contributed by atoms with Gasteiger partial charge in [-0.3, -0.25) is 48.1 Å². The maximum atomic E-state index is 15.1. The Bertz CT molecular complexity index is 3240. The van der Waals surface area contributed by atoms with Crippen molar-refractivity contribution in [3.63, 3.8) is 0 Å². The van der Waals surface area contributed by atoms with Gasteiger partial charge in [-0.25, -0.2) is 4.39 Å². The van der Waals surface area contributed by atoms with Gasteiger partial charge < -0.3 is 62.5 Å². The van der Waals surface area contributed by atoms with Crippen LogP contribution in [-0.2, 0) is 57.6 Å². The molecule has 0 saturated carbocycles. The fraction of sp³-hybridized carbons (Fsp3) is 0.478. The number of aliphatic hydroxyl groups is 1. The molecule has 496 valence electrons. The summed E-state index contributed by atoms with van der Waals surface area (Å²) < 4.78 is 13.7. The molecular weight excluding hydrogens is 1180 g/mol. The fourth-order valence-corrected chi connectivity index (χ4v) is 11.2. The number of aryl methyl sites for hydroxylation is 1.